The van der Waals surface area contributed by atoms with Gasteiger partial charge in [-0.2, -0.15) is 0 Å². The molecule has 3 rings (SSSR count). The summed E-state index contributed by atoms with van der Waals surface area (Å²) in [6.07, 6.45) is 0. The summed E-state index contributed by atoms with van der Waals surface area (Å²) in [6.45, 7) is 0.224. The lowest BCUT2D eigenvalue weighted by Gasteiger charge is -2.30. The van der Waals surface area contributed by atoms with Crippen LogP contribution in [0, 0.1) is 0 Å². The molecule has 4 nitrogen and oxygen atoms in total. The molecular formula is C15H13NO3. The van der Waals surface area contributed by atoms with E-state index in [0.29, 0.717) is 5.56 Å². The van der Waals surface area contributed by atoms with Gasteiger partial charge in [-0.3, -0.25) is 0 Å². The number of esters is 1. The van der Waals surface area contributed by atoms with Gasteiger partial charge in [0.2, 0.25) is 0 Å². The number of anilines is 2. The zero-order valence-corrected chi connectivity index (χ0v) is 10.5. The quantitative estimate of drug-likeness (QED) is 0.773. The highest BCUT2D eigenvalue weighted by Gasteiger charge is 2.24. The van der Waals surface area contributed by atoms with Crippen LogP contribution in [0.25, 0.3) is 0 Å². The Hall–Kier alpha value is -2.49. The van der Waals surface area contributed by atoms with Crippen LogP contribution >= 0.6 is 0 Å². The molecule has 2 aromatic rings. The molecule has 0 aromatic heterocycles. The summed E-state index contributed by atoms with van der Waals surface area (Å²) in [5.41, 5.74) is 2.41. The van der Waals surface area contributed by atoms with Crippen LogP contribution in [0.4, 0.5) is 11.4 Å². The lowest BCUT2D eigenvalue weighted by Crippen LogP contribution is -2.30. The number of rotatable bonds is 2. The number of methoxy groups -OCH3 is 1. The molecule has 19 heavy (non-hydrogen) atoms. The summed E-state index contributed by atoms with van der Waals surface area (Å²) < 4.78 is 10.3. The number of carbonyl (C=O) groups excluding carboxylic acids is 1. The first-order valence-corrected chi connectivity index (χ1v) is 5.97. The van der Waals surface area contributed by atoms with E-state index in [0.717, 1.165) is 17.1 Å². The number of hydrogen-bond acceptors (Lipinski definition) is 4. The van der Waals surface area contributed by atoms with E-state index >= 15 is 0 Å². The third-order valence-electron chi connectivity index (χ3n) is 3.12. The Morgan fingerprint density at radius 3 is 2.58 bits per heavy atom. The van der Waals surface area contributed by atoms with Crippen LogP contribution in [0.3, 0.4) is 0 Å². The normalized spacial score (nSPS) is 13.7. The van der Waals surface area contributed by atoms with Crippen molar-refractivity contribution < 1.29 is 14.3 Å². The first-order chi connectivity index (χ1) is 9.29. The highest BCUT2D eigenvalue weighted by atomic mass is 16.5. The SMILES string of the molecule is COc1ccc(N2COC(=O)c3ccccc32)cc1. The van der Waals surface area contributed by atoms with Gasteiger partial charge < -0.3 is 14.4 Å². The molecule has 1 aliphatic rings. The third-order valence-corrected chi connectivity index (χ3v) is 3.12. The minimum atomic E-state index is -0.277. The molecule has 1 aliphatic heterocycles. The van der Waals surface area contributed by atoms with Crippen LogP contribution in [-0.4, -0.2) is 19.8 Å². The van der Waals surface area contributed by atoms with Gasteiger partial charge in [0.1, 0.15) is 5.75 Å². The van der Waals surface area contributed by atoms with Crippen molar-refractivity contribution >= 4 is 17.3 Å². The molecular weight excluding hydrogens is 242 g/mol. The number of carbonyl (C=O) groups is 1. The summed E-state index contributed by atoms with van der Waals surface area (Å²) in [4.78, 5) is 13.6. The van der Waals surface area contributed by atoms with Gasteiger partial charge in [0.25, 0.3) is 0 Å². The van der Waals surface area contributed by atoms with Crippen LogP contribution in [0.5, 0.6) is 5.75 Å². The summed E-state index contributed by atoms with van der Waals surface area (Å²) in [7, 11) is 1.63. The van der Waals surface area contributed by atoms with Crippen molar-refractivity contribution in [1.82, 2.24) is 0 Å². The zero-order valence-electron chi connectivity index (χ0n) is 10.5. The zero-order chi connectivity index (χ0) is 13.2. The van der Waals surface area contributed by atoms with Gasteiger partial charge in [0, 0.05) is 5.69 Å². The van der Waals surface area contributed by atoms with Crippen molar-refractivity contribution in [3.8, 4) is 5.75 Å². The van der Waals surface area contributed by atoms with Crippen LogP contribution < -0.4 is 9.64 Å². The van der Waals surface area contributed by atoms with Crippen molar-refractivity contribution in [2.75, 3.05) is 18.7 Å². The Bertz CT molecular complexity index is 607. The molecule has 0 bridgehead atoms. The second-order valence-electron chi connectivity index (χ2n) is 4.20. The number of fused-ring (bicyclic) bond motifs is 1. The molecule has 2 aromatic carbocycles. The molecule has 0 aliphatic carbocycles. The maximum Gasteiger partial charge on any atom is 0.342 e. The molecule has 4 heteroatoms. The molecule has 0 fully saturated rings. The van der Waals surface area contributed by atoms with Crippen molar-refractivity contribution in [3.63, 3.8) is 0 Å². The van der Waals surface area contributed by atoms with E-state index in [-0.39, 0.29) is 12.7 Å². The average molecular weight is 255 g/mol. The first-order valence-electron chi connectivity index (χ1n) is 5.97. The second-order valence-corrected chi connectivity index (χ2v) is 4.20. The number of cyclic esters (lactones) is 1. The van der Waals surface area contributed by atoms with E-state index in [9.17, 15) is 4.79 Å². The van der Waals surface area contributed by atoms with E-state index < -0.39 is 0 Å². The molecule has 1 heterocycles. The third kappa shape index (κ3) is 2.01. The van der Waals surface area contributed by atoms with E-state index in [2.05, 4.69) is 0 Å². The van der Waals surface area contributed by atoms with Gasteiger partial charge in [-0.1, -0.05) is 12.1 Å². The topological polar surface area (TPSA) is 38.8 Å². The van der Waals surface area contributed by atoms with E-state index in [1.807, 2.05) is 47.4 Å². The predicted octanol–water partition coefficient (Wildman–Crippen LogP) is 2.96. The van der Waals surface area contributed by atoms with Crippen molar-refractivity contribution in [2.24, 2.45) is 0 Å². The molecule has 96 valence electrons. The largest absolute Gasteiger partial charge is 0.497 e. The molecule has 0 spiro atoms. The Labute approximate surface area is 111 Å². The van der Waals surface area contributed by atoms with Gasteiger partial charge >= 0.3 is 5.97 Å². The fourth-order valence-corrected chi connectivity index (χ4v) is 2.13. The Kier molecular flexibility index (Phi) is 2.83. The minimum Gasteiger partial charge on any atom is -0.497 e. The van der Waals surface area contributed by atoms with Gasteiger partial charge in [-0.25, -0.2) is 4.79 Å². The smallest absolute Gasteiger partial charge is 0.342 e. The molecule has 0 radical (unpaired) electrons. The summed E-state index contributed by atoms with van der Waals surface area (Å²) >= 11 is 0. The number of ether oxygens (including phenoxy) is 2. The molecule has 0 saturated carbocycles. The van der Waals surface area contributed by atoms with Crippen LogP contribution in [0.1, 0.15) is 10.4 Å². The summed E-state index contributed by atoms with van der Waals surface area (Å²) in [6, 6.07) is 15.1. The number of benzene rings is 2. The predicted molar refractivity (Wildman–Crippen MR) is 71.9 cm³/mol. The fourth-order valence-electron chi connectivity index (χ4n) is 2.13. The first kappa shape index (κ1) is 11.6. The van der Waals surface area contributed by atoms with Crippen LogP contribution in [0.2, 0.25) is 0 Å². The Morgan fingerprint density at radius 1 is 1.11 bits per heavy atom. The molecule has 0 saturated heterocycles. The van der Waals surface area contributed by atoms with Crippen molar-refractivity contribution in [1.29, 1.82) is 0 Å². The Morgan fingerprint density at radius 2 is 1.84 bits per heavy atom. The van der Waals surface area contributed by atoms with E-state index in [1.54, 1.807) is 13.2 Å². The van der Waals surface area contributed by atoms with Gasteiger partial charge in [0.15, 0.2) is 6.73 Å². The number of para-hydroxylation sites is 1. The van der Waals surface area contributed by atoms with Crippen molar-refractivity contribution in [3.05, 3.63) is 54.1 Å². The van der Waals surface area contributed by atoms with E-state index in [1.165, 1.54) is 0 Å². The molecule has 0 N–H and O–H groups in total. The molecule has 0 unspecified atom stereocenters. The highest BCUT2D eigenvalue weighted by Crippen LogP contribution is 2.32. The molecule has 0 amide bonds. The summed E-state index contributed by atoms with van der Waals surface area (Å²) in [5, 5.41) is 0. The van der Waals surface area contributed by atoms with Gasteiger partial charge in [-0.05, 0) is 36.4 Å². The second kappa shape index (κ2) is 4.65. The molecule has 0 atom stereocenters. The van der Waals surface area contributed by atoms with E-state index in [4.69, 9.17) is 9.47 Å². The lowest BCUT2D eigenvalue weighted by atomic mass is 10.1. The fraction of sp³-hybridized carbons (Fsp3) is 0.133. The maximum absolute atomic E-state index is 11.7. The number of hydrogen-bond donors (Lipinski definition) is 0. The van der Waals surface area contributed by atoms with Crippen LogP contribution in [0.15, 0.2) is 48.5 Å². The van der Waals surface area contributed by atoms with Gasteiger partial charge in [-0.15, -0.1) is 0 Å². The average Bonchev–Trinajstić information content (AvgIpc) is 2.48. The van der Waals surface area contributed by atoms with Crippen molar-refractivity contribution in [2.45, 2.75) is 0 Å². The monoisotopic (exact) mass is 255 g/mol. The lowest BCUT2D eigenvalue weighted by molar-refractivity contribution is 0.0494. The maximum atomic E-state index is 11.7. The standard InChI is InChI=1S/C15H13NO3/c1-18-12-8-6-11(7-9-12)16-10-19-15(17)13-4-2-3-5-14(13)16/h2-9H,10H2,1H3. The minimum absolute atomic E-state index is 0.224. The van der Waals surface area contributed by atoms with Gasteiger partial charge in [0.05, 0.1) is 18.4 Å². The highest BCUT2D eigenvalue weighted by molar-refractivity contribution is 5.98. The Balaban J connectivity index is 2.01. The van der Waals surface area contributed by atoms with Crippen LogP contribution in [-0.2, 0) is 4.74 Å². The summed E-state index contributed by atoms with van der Waals surface area (Å²) in [5.74, 6) is 0.520. The number of nitrogens with zero attached hydrogens (tertiary/aromatic N) is 1.